The Morgan fingerprint density at radius 3 is 2.58 bits per heavy atom. The standard InChI is InChI=1S/C29H49ClO/c1-20(2)7-6-8-21(3)25-11-12-26-24-10-9-22-19-23(31-18-17-30)13-15-28(22,4)27(24)14-16-29(25,26)5/h9,20-21,23-27H,6-8,10-19H2,1-5H3/t21-,23+,24+,25-,26+,27+,28+,29-/m1/s1. The fourth-order valence-corrected chi connectivity index (χ4v) is 9.09. The molecule has 0 spiro atoms. The van der Waals surface area contributed by atoms with Crippen molar-refractivity contribution in [3.05, 3.63) is 11.6 Å². The molecule has 3 saturated carbocycles. The molecule has 8 atom stereocenters. The summed E-state index contributed by atoms with van der Waals surface area (Å²) >= 11 is 5.88. The number of alkyl halides is 1. The molecule has 4 aliphatic rings. The van der Waals surface area contributed by atoms with Gasteiger partial charge in [0.15, 0.2) is 0 Å². The van der Waals surface area contributed by atoms with Gasteiger partial charge in [-0.1, -0.05) is 65.5 Å². The maximum absolute atomic E-state index is 6.06. The topological polar surface area (TPSA) is 9.23 Å². The first-order valence-corrected chi connectivity index (χ1v) is 14.2. The minimum absolute atomic E-state index is 0.408. The van der Waals surface area contributed by atoms with Gasteiger partial charge in [0.25, 0.3) is 0 Å². The molecule has 4 aliphatic carbocycles. The molecule has 31 heavy (non-hydrogen) atoms. The smallest absolute Gasteiger partial charge is 0.0613 e. The molecule has 0 aliphatic heterocycles. The summed E-state index contributed by atoms with van der Waals surface area (Å²) in [6, 6.07) is 0. The number of allylic oxidation sites excluding steroid dienone is 1. The summed E-state index contributed by atoms with van der Waals surface area (Å²) in [5.74, 6) is 6.15. The second-order valence-corrected chi connectivity index (χ2v) is 13.1. The molecule has 0 bridgehead atoms. The monoisotopic (exact) mass is 448 g/mol. The minimum Gasteiger partial charge on any atom is -0.377 e. The van der Waals surface area contributed by atoms with E-state index < -0.39 is 0 Å². The summed E-state index contributed by atoms with van der Waals surface area (Å²) in [7, 11) is 0. The van der Waals surface area contributed by atoms with Gasteiger partial charge in [0.1, 0.15) is 0 Å². The third kappa shape index (κ3) is 4.53. The van der Waals surface area contributed by atoms with Crippen LogP contribution in [0.15, 0.2) is 11.6 Å². The van der Waals surface area contributed by atoms with Gasteiger partial charge < -0.3 is 4.74 Å². The molecule has 0 aromatic heterocycles. The molecule has 3 fully saturated rings. The predicted octanol–water partition coefficient (Wildman–Crippen LogP) is 8.65. The molecule has 4 rings (SSSR count). The highest BCUT2D eigenvalue weighted by atomic mass is 35.5. The Kier molecular flexibility index (Phi) is 7.54. The van der Waals surface area contributed by atoms with Crippen LogP contribution in [-0.2, 0) is 4.74 Å². The van der Waals surface area contributed by atoms with Gasteiger partial charge in [-0.15, -0.1) is 11.6 Å². The van der Waals surface area contributed by atoms with E-state index in [1.54, 1.807) is 5.57 Å². The molecule has 0 amide bonds. The van der Waals surface area contributed by atoms with Crippen LogP contribution in [0, 0.1) is 46.3 Å². The first kappa shape index (κ1) is 24.1. The van der Waals surface area contributed by atoms with Crippen molar-refractivity contribution < 1.29 is 4.74 Å². The molecule has 1 nitrogen and oxygen atoms in total. The third-order valence-electron chi connectivity index (χ3n) is 10.7. The molecule has 0 unspecified atom stereocenters. The maximum Gasteiger partial charge on any atom is 0.0613 e. The number of ether oxygens (including phenoxy) is 1. The molecular formula is C29H49ClO. The Morgan fingerprint density at radius 1 is 1.03 bits per heavy atom. The lowest BCUT2D eigenvalue weighted by Crippen LogP contribution is -2.51. The Labute approximate surface area is 198 Å². The molecule has 0 aromatic carbocycles. The maximum atomic E-state index is 6.06. The summed E-state index contributed by atoms with van der Waals surface area (Å²) in [6.45, 7) is 13.4. The van der Waals surface area contributed by atoms with E-state index in [0.717, 1.165) is 41.9 Å². The van der Waals surface area contributed by atoms with Gasteiger partial charge >= 0.3 is 0 Å². The average Bonchev–Trinajstić information content (AvgIpc) is 3.09. The summed E-state index contributed by atoms with van der Waals surface area (Å²) in [5, 5.41) is 0. The van der Waals surface area contributed by atoms with Crippen molar-refractivity contribution in [2.75, 3.05) is 12.5 Å². The second-order valence-electron chi connectivity index (χ2n) is 12.7. The lowest BCUT2D eigenvalue weighted by Gasteiger charge is -2.58. The molecule has 2 heteroatoms. The number of hydrogen-bond donors (Lipinski definition) is 0. The summed E-state index contributed by atoms with van der Waals surface area (Å²) in [5.41, 5.74) is 2.77. The number of halogens is 1. The zero-order valence-corrected chi connectivity index (χ0v) is 21.9. The lowest BCUT2D eigenvalue weighted by molar-refractivity contribution is -0.0629. The third-order valence-corrected chi connectivity index (χ3v) is 10.8. The molecular weight excluding hydrogens is 400 g/mol. The first-order chi connectivity index (χ1) is 14.8. The molecule has 0 saturated heterocycles. The molecule has 0 heterocycles. The van der Waals surface area contributed by atoms with Crippen molar-refractivity contribution in [1.29, 1.82) is 0 Å². The minimum atomic E-state index is 0.408. The van der Waals surface area contributed by atoms with Gasteiger partial charge in [-0.3, -0.25) is 0 Å². The Bertz CT molecular complexity index is 641. The van der Waals surface area contributed by atoms with E-state index in [1.165, 1.54) is 64.2 Å². The van der Waals surface area contributed by atoms with Crippen LogP contribution in [0.3, 0.4) is 0 Å². The average molecular weight is 449 g/mol. The fraction of sp³-hybridized carbons (Fsp3) is 0.931. The van der Waals surface area contributed by atoms with Crippen molar-refractivity contribution >= 4 is 11.6 Å². The normalized spacial score (nSPS) is 43.2. The highest BCUT2D eigenvalue weighted by Crippen LogP contribution is 2.67. The van der Waals surface area contributed by atoms with Gasteiger partial charge in [-0.05, 0) is 97.7 Å². The summed E-state index contributed by atoms with van der Waals surface area (Å²) in [4.78, 5) is 0. The van der Waals surface area contributed by atoms with E-state index in [0.29, 0.717) is 29.4 Å². The van der Waals surface area contributed by atoms with Crippen LogP contribution >= 0.6 is 11.6 Å². The van der Waals surface area contributed by atoms with E-state index in [2.05, 4.69) is 40.7 Å². The fourth-order valence-electron chi connectivity index (χ4n) is 9.01. The van der Waals surface area contributed by atoms with Crippen LogP contribution in [0.4, 0.5) is 0 Å². The van der Waals surface area contributed by atoms with E-state index in [4.69, 9.17) is 16.3 Å². The molecule has 0 aromatic rings. The van der Waals surface area contributed by atoms with Crippen molar-refractivity contribution in [1.82, 2.24) is 0 Å². The molecule has 0 radical (unpaired) electrons. The Morgan fingerprint density at radius 2 is 1.84 bits per heavy atom. The number of rotatable bonds is 8. The van der Waals surface area contributed by atoms with E-state index in [9.17, 15) is 0 Å². The number of hydrogen-bond acceptors (Lipinski definition) is 1. The van der Waals surface area contributed by atoms with Crippen molar-refractivity contribution in [2.24, 2.45) is 46.3 Å². The number of fused-ring (bicyclic) bond motifs is 5. The van der Waals surface area contributed by atoms with Crippen molar-refractivity contribution in [3.63, 3.8) is 0 Å². The van der Waals surface area contributed by atoms with Crippen LogP contribution in [0.1, 0.15) is 105 Å². The highest BCUT2D eigenvalue weighted by Gasteiger charge is 2.59. The van der Waals surface area contributed by atoms with E-state index in [-0.39, 0.29) is 0 Å². The quantitative estimate of drug-likeness (QED) is 0.266. The van der Waals surface area contributed by atoms with E-state index >= 15 is 0 Å². The first-order valence-electron chi connectivity index (χ1n) is 13.7. The van der Waals surface area contributed by atoms with Gasteiger partial charge in [0.2, 0.25) is 0 Å². The Balaban J connectivity index is 1.45. The van der Waals surface area contributed by atoms with Crippen molar-refractivity contribution in [2.45, 2.75) is 111 Å². The van der Waals surface area contributed by atoms with Gasteiger partial charge in [0.05, 0.1) is 12.7 Å². The highest BCUT2D eigenvalue weighted by molar-refractivity contribution is 6.17. The molecule has 178 valence electrons. The van der Waals surface area contributed by atoms with Gasteiger partial charge in [-0.2, -0.15) is 0 Å². The Hall–Kier alpha value is -0.0100. The van der Waals surface area contributed by atoms with Gasteiger partial charge in [0, 0.05) is 5.88 Å². The van der Waals surface area contributed by atoms with Crippen LogP contribution in [0.5, 0.6) is 0 Å². The predicted molar refractivity (Wildman–Crippen MR) is 134 cm³/mol. The van der Waals surface area contributed by atoms with Gasteiger partial charge in [-0.25, -0.2) is 0 Å². The van der Waals surface area contributed by atoms with Crippen LogP contribution in [0.2, 0.25) is 0 Å². The SMILES string of the molecule is CC(C)CCC[C@@H](C)[C@H]1CC[C@H]2[C@@H]3CC=C4C[C@@H](OCCCl)CC[C@]4(C)[C@H]3CC[C@]12C. The molecule has 0 N–H and O–H groups in total. The van der Waals surface area contributed by atoms with Crippen LogP contribution in [0.25, 0.3) is 0 Å². The van der Waals surface area contributed by atoms with E-state index in [1.807, 2.05) is 0 Å². The van der Waals surface area contributed by atoms with Crippen LogP contribution in [-0.4, -0.2) is 18.6 Å². The lowest BCUT2D eigenvalue weighted by atomic mass is 9.47. The van der Waals surface area contributed by atoms with Crippen LogP contribution < -0.4 is 0 Å². The zero-order valence-electron chi connectivity index (χ0n) is 21.1. The zero-order chi connectivity index (χ0) is 22.2. The van der Waals surface area contributed by atoms with Crippen molar-refractivity contribution in [3.8, 4) is 0 Å². The largest absolute Gasteiger partial charge is 0.377 e. The summed E-state index contributed by atoms with van der Waals surface area (Å²) < 4.78 is 6.06. The summed E-state index contributed by atoms with van der Waals surface area (Å²) in [6.07, 6.45) is 18.4. The second kappa shape index (κ2) is 9.69.